The number of carbonyl (C=O) groups is 1. The summed E-state index contributed by atoms with van der Waals surface area (Å²) >= 11 is 0. The Morgan fingerprint density at radius 1 is 1.04 bits per heavy atom. The molecule has 5 heteroatoms. The summed E-state index contributed by atoms with van der Waals surface area (Å²) in [5.41, 5.74) is 0.969. The third kappa shape index (κ3) is 4.10. The molecule has 0 spiro atoms. The van der Waals surface area contributed by atoms with Crippen molar-refractivity contribution in [3.05, 3.63) is 48.0 Å². The fourth-order valence-corrected chi connectivity index (χ4v) is 4.80. The molecule has 7 atom stereocenters. The van der Waals surface area contributed by atoms with Crippen molar-refractivity contribution in [3.8, 4) is 0 Å². The Morgan fingerprint density at radius 3 is 2.48 bits per heavy atom. The van der Waals surface area contributed by atoms with E-state index in [1.165, 1.54) is 0 Å². The predicted octanol–water partition coefficient (Wildman–Crippen LogP) is 3.48. The molecule has 0 saturated carbocycles. The van der Waals surface area contributed by atoms with Gasteiger partial charge in [0.25, 0.3) is 0 Å². The van der Waals surface area contributed by atoms with Crippen LogP contribution in [0.2, 0.25) is 0 Å². The lowest BCUT2D eigenvalue weighted by atomic mass is 9.75. The highest BCUT2D eigenvalue weighted by atomic mass is 16.7. The molecule has 1 unspecified atom stereocenters. The van der Waals surface area contributed by atoms with Gasteiger partial charge in [-0.05, 0) is 49.5 Å². The van der Waals surface area contributed by atoms with Gasteiger partial charge in [-0.25, -0.2) is 0 Å². The van der Waals surface area contributed by atoms with Crippen molar-refractivity contribution in [2.45, 2.75) is 69.0 Å². The summed E-state index contributed by atoms with van der Waals surface area (Å²) in [6.45, 7) is 0. The second-order valence-corrected chi connectivity index (χ2v) is 7.96. The van der Waals surface area contributed by atoms with Crippen LogP contribution in [0.25, 0.3) is 0 Å². The summed E-state index contributed by atoms with van der Waals surface area (Å²) in [5.74, 6) is 0.108. The third-order valence-electron chi connectivity index (χ3n) is 6.21. The van der Waals surface area contributed by atoms with E-state index in [2.05, 4.69) is 12.2 Å². The van der Waals surface area contributed by atoms with Crippen LogP contribution in [0.5, 0.6) is 0 Å². The summed E-state index contributed by atoms with van der Waals surface area (Å²) in [5, 5.41) is 19.2. The van der Waals surface area contributed by atoms with E-state index < -0.39 is 12.1 Å². The molecule has 146 valence electrons. The smallest absolute Gasteiger partial charge is 0.303 e. The van der Waals surface area contributed by atoms with Crippen LogP contribution in [-0.4, -0.2) is 40.6 Å². The molecule has 0 amide bonds. The number of hydrogen-bond acceptors (Lipinski definition) is 4. The van der Waals surface area contributed by atoms with Gasteiger partial charge in [0.15, 0.2) is 0 Å². The molecule has 0 aliphatic carbocycles. The van der Waals surface area contributed by atoms with E-state index in [0.29, 0.717) is 18.3 Å². The molecule has 5 nitrogen and oxygen atoms in total. The molecule has 1 aromatic rings. The number of aliphatic hydroxyl groups is 1. The predicted molar refractivity (Wildman–Crippen MR) is 100 cm³/mol. The minimum absolute atomic E-state index is 0.174. The zero-order chi connectivity index (χ0) is 18.8. The molecule has 3 saturated heterocycles. The van der Waals surface area contributed by atoms with Gasteiger partial charge in [0.1, 0.15) is 12.2 Å². The normalized spacial score (nSPS) is 34.7. The highest BCUT2D eigenvalue weighted by Gasteiger charge is 2.68. The molecule has 0 radical (unpaired) electrons. The van der Waals surface area contributed by atoms with Crippen LogP contribution in [0.1, 0.15) is 50.2 Å². The molecule has 2 N–H and O–H groups in total. The number of benzene rings is 1. The van der Waals surface area contributed by atoms with Gasteiger partial charge in [-0.1, -0.05) is 42.5 Å². The fourth-order valence-electron chi connectivity index (χ4n) is 4.80. The van der Waals surface area contributed by atoms with Crippen molar-refractivity contribution in [1.29, 1.82) is 0 Å². The largest absolute Gasteiger partial charge is 0.481 e. The van der Waals surface area contributed by atoms with Gasteiger partial charge in [-0.15, -0.1) is 0 Å². The Kier molecular flexibility index (Phi) is 5.62. The molecular formula is C22H28O5. The van der Waals surface area contributed by atoms with E-state index in [1.54, 1.807) is 0 Å². The maximum absolute atomic E-state index is 10.6. The third-order valence-corrected chi connectivity index (χ3v) is 6.21. The lowest BCUT2D eigenvalue weighted by molar-refractivity contribution is -0.137. The molecule has 0 aromatic heterocycles. The van der Waals surface area contributed by atoms with Crippen LogP contribution in [0.4, 0.5) is 0 Å². The Bertz CT molecular complexity index is 673. The highest BCUT2D eigenvalue weighted by molar-refractivity contribution is 5.66. The Morgan fingerprint density at radius 2 is 1.74 bits per heavy atom. The number of aliphatic carboxylic acids is 1. The second-order valence-electron chi connectivity index (χ2n) is 7.96. The van der Waals surface area contributed by atoms with Crippen LogP contribution < -0.4 is 0 Å². The van der Waals surface area contributed by atoms with Gasteiger partial charge in [-0.3, -0.25) is 4.79 Å². The van der Waals surface area contributed by atoms with Crippen LogP contribution in [0.15, 0.2) is 42.5 Å². The quantitative estimate of drug-likeness (QED) is 0.373. The fraction of sp³-hybridized carbons (Fsp3) is 0.591. The molecular weight excluding hydrogens is 344 g/mol. The first-order valence-corrected chi connectivity index (χ1v) is 10.1. The number of carboxylic acid groups (broad SMARTS) is 1. The van der Waals surface area contributed by atoms with Crippen LogP contribution >= 0.6 is 0 Å². The number of unbranched alkanes of at least 4 members (excludes halogenated alkanes) is 1. The first-order valence-electron chi connectivity index (χ1n) is 10.1. The van der Waals surface area contributed by atoms with Gasteiger partial charge < -0.3 is 19.7 Å². The van der Waals surface area contributed by atoms with Crippen molar-refractivity contribution in [1.82, 2.24) is 0 Å². The van der Waals surface area contributed by atoms with Gasteiger partial charge in [0.05, 0.1) is 18.3 Å². The Hall–Kier alpha value is -1.69. The molecule has 27 heavy (non-hydrogen) atoms. The first kappa shape index (κ1) is 18.7. The van der Waals surface area contributed by atoms with E-state index in [-0.39, 0.29) is 30.8 Å². The van der Waals surface area contributed by atoms with Crippen LogP contribution in [-0.2, 0) is 14.3 Å². The van der Waals surface area contributed by atoms with E-state index in [0.717, 1.165) is 31.2 Å². The minimum Gasteiger partial charge on any atom is -0.481 e. The van der Waals surface area contributed by atoms with Gasteiger partial charge in [-0.2, -0.15) is 0 Å². The highest BCUT2D eigenvalue weighted by Crippen LogP contribution is 2.56. The number of allylic oxidation sites excluding steroid dienone is 2. The number of hydrogen-bond donors (Lipinski definition) is 2. The first-order chi connectivity index (χ1) is 13.1. The zero-order valence-corrected chi connectivity index (χ0v) is 15.4. The van der Waals surface area contributed by atoms with Crippen molar-refractivity contribution in [2.75, 3.05) is 0 Å². The molecule has 3 fully saturated rings. The van der Waals surface area contributed by atoms with Crippen molar-refractivity contribution < 1.29 is 24.5 Å². The van der Waals surface area contributed by atoms with Crippen LogP contribution in [0.3, 0.4) is 0 Å². The van der Waals surface area contributed by atoms with Gasteiger partial charge in [0.2, 0.25) is 0 Å². The maximum Gasteiger partial charge on any atom is 0.303 e. The summed E-state index contributed by atoms with van der Waals surface area (Å²) < 4.78 is 12.0. The average molecular weight is 372 g/mol. The number of rotatable bonds is 10. The van der Waals surface area contributed by atoms with Crippen LogP contribution in [0, 0.1) is 11.8 Å². The summed E-state index contributed by atoms with van der Waals surface area (Å²) in [7, 11) is 0. The Balaban J connectivity index is 1.30. The van der Waals surface area contributed by atoms with Gasteiger partial charge >= 0.3 is 5.97 Å². The lowest BCUT2D eigenvalue weighted by Crippen LogP contribution is -2.32. The number of ether oxygens (including phenoxy) is 2. The topological polar surface area (TPSA) is 79.3 Å². The summed E-state index contributed by atoms with van der Waals surface area (Å²) in [4.78, 5) is 10.6. The zero-order valence-electron chi connectivity index (χ0n) is 15.4. The molecule has 4 rings (SSSR count). The summed E-state index contributed by atoms with van der Waals surface area (Å²) in [6, 6.07) is 9.82. The van der Waals surface area contributed by atoms with Crippen molar-refractivity contribution in [2.24, 2.45) is 11.8 Å². The monoisotopic (exact) mass is 372 g/mol. The minimum atomic E-state index is -0.737. The molecule has 1 aromatic carbocycles. The number of aliphatic hydroxyl groups excluding tert-OH is 1. The Labute approximate surface area is 160 Å². The van der Waals surface area contributed by atoms with E-state index in [9.17, 15) is 9.90 Å². The van der Waals surface area contributed by atoms with Crippen molar-refractivity contribution >= 4 is 5.97 Å². The van der Waals surface area contributed by atoms with E-state index in [4.69, 9.17) is 14.6 Å². The number of fused-ring (bicyclic) bond motifs is 5. The maximum atomic E-state index is 10.6. The SMILES string of the molecule is O=C(O)CCC/C=C\C[C@H]1[C@@H](CCC(O)c2ccccc2)[C@@H]2O[C@H]1[C@@H]1O[C@@H]12. The van der Waals surface area contributed by atoms with E-state index in [1.807, 2.05) is 30.3 Å². The van der Waals surface area contributed by atoms with Crippen molar-refractivity contribution in [3.63, 3.8) is 0 Å². The average Bonchev–Trinajstić information content (AvgIpc) is 3.30. The summed E-state index contributed by atoms with van der Waals surface area (Å²) in [6.07, 6.45) is 9.04. The number of carboxylic acids is 1. The molecule has 2 bridgehead atoms. The molecule has 3 aliphatic heterocycles. The van der Waals surface area contributed by atoms with Gasteiger partial charge in [0, 0.05) is 6.42 Å². The molecule has 3 aliphatic rings. The standard InChI is InChI=1S/C22H28O5/c23-17(14-8-4-3-5-9-14)13-12-16-15(10-6-1-2-7-11-18(24)25)19-21-22(27-21)20(16)26-19/h1,3-6,8-9,15-17,19-23H,2,7,10-13H2,(H,24,25)/b6-1-/t15-,16+,17?,19+,20-,21-,22+/m0/s1. The second kappa shape index (κ2) is 8.13. The lowest BCUT2D eigenvalue weighted by Gasteiger charge is -2.26. The molecule has 3 heterocycles. The van der Waals surface area contributed by atoms with E-state index >= 15 is 0 Å². The number of epoxide rings is 1.